The Labute approximate surface area is 183 Å². The number of rotatable bonds is 5. The quantitative estimate of drug-likeness (QED) is 0.668. The Bertz CT molecular complexity index is 1060. The van der Waals surface area contributed by atoms with Gasteiger partial charge in [0.05, 0.1) is 21.9 Å². The average Bonchev–Trinajstić information content (AvgIpc) is 3.07. The Kier molecular flexibility index (Phi) is 6.75. The molecule has 1 aliphatic rings. The molecule has 1 N–H and O–H groups in total. The molecular weight excluding hydrogens is 462 g/mol. The zero-order valence-electron chi connectivity index (χ0n) is 15.4. The first-order chi connectivity index (χ1) is 13.5. The van der Waals surface area contributed by atoms with Gasteiger partial charge in [0.2, 0.25) is 10.0 Å². The Hall–Kier alpha value is -1.38. The second-order valence-corrected chi connectivity index (χ2v) is 9.90. The fraction of sp³-hybridized carbons (Fsp3) is 0.316. The summed E-state index contributed by atoms with van der Waals surface area (Å²) in [6.45, 7) is 1.16. The molecule has 2 aromatic rings. The molecule has 29 heavy (non-hydrogen) atoms. The van der Waals surface area contributed by atoms with Crippen LogP contribution in [0.25, 0.3) is 0 Å². The van der Waals surface area contributed by atoms with Crippen molar-refractivity contribution < 1.29 is 17.6 Å². The molecule has 0 saturated carbocycles. The number of halogens is 4. The Balaban J connectivity index is 1.83. The van der Waals surface area contributed by atoms with E-state index in [4.69, 9.17) is 34.8 Å². The molecule has 1 aliphatic heterocycles. The normalized spacial score (nSPS) is 17.5. The van der Waals surface area contributed by atoms with E-state index in [1.165, 1.54) is 6.07 Å². The summed E-state index contributed by atoms with van der Waals surface area (Å²) in [5.41, 5.74) is 1.09. The Morgan fingerprint density at radius 3 is 2.55 bits per heavy atom. The van der Waals surface area contributed by atoms with Crippen molar-refractivity contribution in [1.82, 2.24) is 9.62 Å². The van der Waals surface area contributed by atoms with Gasteiger partial charge < -0.3 is 0 Å². The van der Waals surface area contributed by atoms with Crippen molar-refractivity contribution in [2.24, 2.45) is 0 Å². The standard InChI is InChI=1S/C19H18Cl3FN2O3S/c1-29(27,28)24-19(26)13-9-15(21)12(8-17(13)23)10-25-6-2-3-18(25)11-4-5-14(20)16(22)7-11/h4-5,7-9,18H,2-3,6,10H2,1H3,(H,24,26). The molecule has 0 aliphatic carbocycles. The number of nitrogens with one attached hydrogen (secondary N) is 1. The molecule has 156 valence electrons. The number of carbonyl (C=O) groups excluding carboxylic acids is 1. The molecule has 1 saturated heterocycles. The van der Waals surface area contributed by atoms with Crippen molar-refractivity contribution >= 4 is 50.7 Å². The highest BCUT2D eigenvalue weighted by atomic mass is 35.5. The van der Waals surface area contributed by atoms with Crippen LogP contribution in [0, 0.1) is 5.82 Å². The van der Waals surface area contributed by atoms with E-state index in [1.807, 2.05) is 12.1 Å². The van der Waals surface area contributed by atoms with Crippen LogP contribution in [0.3, 0.4) is 0 Å². The average molecular weight is 480 g/mol. The van der Waals surface area contributed by atoms with Gasteiger partial charge in [0.25, 0.3) is 5.91 Å². The van der Waals surface area contributed by atoms with Gasteiger partial charge in [0.15, 0.2) is 0 Å². The van der Waals surface area contributed by atoms with Crippen molar-refractivity contribution in [1.29, 1.82) is 0 Å². The number of likely N-dealkylation sites (tertiary alicyclic amines) is 1. The second-order valence-electron chi connectivity index (χ2n) is 6.93. The van der Waals surface area contributed by atoms with Gasteiger partial charge in [-0.25, -0.2) is 17.5 Å². The van der Waals surface area contributed by atoms with Crippen LogP contribution in [-0.4, -0.2) is 32.0 Å². The highest BCUT2D eigenvalue weighted by Crippen LogP contribution is 2.36. The molecule has 10 heteroatoms. The van der Waals surface area contributed by atoms with Crippen LogP contribution in [-0.2, 0) is 16.6 Å². The topological polar surface area (TPSA) is 66.5 Å². The Morgan fingerprint density at radius 1 is 1.17 bits per heavy atom. The first-order valence-corrected chi connectivity index (χ1v) is 11.8. The lowest BCUT2D eigenvalue weighted by atomic mass is 10.0. The molecule has 1 unspecified atom stereocenters. The number of hydrogen-bond donors (Lipinski definition) is 1. The molecule has 2 aromatic carbocycles. The summed E-state index contributed by atoms with van der Waals surface area (Å²) in [6.07, 6.45) is 2.68. The fourth-order valence-electron chi connectivity index (χ4n) is 3.44. The Morgan fingerprint density at radius 2 is 1.90 bits per heavy atom. The van der Waals surface area contributed by atoms with Crippen LogP contribution in [0.1, 0.15) is 40.4 Å². The molecule has 1 atom stereocenters. The van der Waals surface area contributed by atoms with E-state index in [0.29, 0.717) is 22.2 Å². The third-order valence-corrected chi connectivity index (χ3v) is 6.37. The van der Waals surface area contributed by atoms with Crippen molar-refractivity contribution in [3.05, 3.63) is 67.9 Å². The summed E-state index contributed by atoms with van der Waals surface area (Å²) in [5, 5.41) is 1.14. The van der Waals surface area contributed by atoms with Crippen LogP contribution in [0.2, 0.25) is 15.1 Å². The lowest BCUT2D eigenvalue weighted by Gasteiger charge is -2.26. The summed E-state index contributed by atoms with van der Waals surface area (Å²) in [4.78, 5) is 14.1. The molecule has 0 aromatic heterocycles. The molecule has 1 heterocycles. The second kappa shape index (κ2) is 8.78. The molecular formula is C19H18Cl3FN2O3S. The van der Waals surface area contributed by atoms with Crippen LogP contribution < -0.4 is 4.72 Å². The minimum absolute atomic E-state index is 0.0807. The van der Waals surface area contributed by atoms with Gasteiger partial charge in [-0.3, -0.25) is 9.69 Å². The monoisotopic (exact) mass is 478 g/mol. The smallest absolute Gasteiger partial charge is 0.267 e. The molecule has 5 nitrogen and oxygen atoms in total. The number of sulfonamides is 1. The van der Waals surface area contributed by atoms with E-state index in [-0.39, 0.29) is 11.1 Å². The van der Waals surface area contributed by atoms with Crippen LogP contribution in [0.5, 0.6) is 0 Å². The van der Waals surface area contributed by atoms with Gasteiger partial charge in [0, 0.05) is 17.6 Å². The predicted octanol–water partition coefficient (Wildman–Crippen LogP) is 4.81. The van der Waals surface area contributed by atoms with E-state index < -0.39 is 27.3 Å². The third kappa shape index (κ3) is 5.41. The summed E-state index contributed by atoms with van der Waals surface area (Å²) in [5.74, 6) is -1.90. The molecule has 0 spiro atoms. The van der Waals surface area contributed by atoms with Gasteiger partial charge in [-0.15, -0.1) is 0 Å². The zero-order valence-corrected chi connectivity index (χ0v) is 18.5. The van der Waals surface area contributed by atoms with E-state index in [2.05, 4.69) is 4.90 Å². The lowest BCUT2D eigenvalue weighted by molar-refractivity contribution is 0.0977. The van der Waals surface area contributed by atoms with E-state index in [0.717, 1.165) is 37.3 Å². The third-order valence-electron chi connectivity index (χ3n) is 4.72. The van der Waals surface area contributed by atoms with Gasteiger partial charge in [0.1, 0.15) is 5.82 Å². The highest BCUT2D eigenvalue weighted by molar-refractivity contribution is 7.89. The lowest BCUT2D eigenvalue weighted by Crippen LogP contribution is -2.30. The summed E-state index contributed by atoms with van der Waals surface area (Å²) in [7, 11) is -3.81. The van der Waals surface area contributed by atoms with Crippen molar-refractivity contribution in [3.63, 3.8) is 0 Å². The van der Waals surface area contributed by atoms with Crippen molar-refractivity contribution in [2.45, 2.75) is 25.4 Å². The SMILES string of the molecule is CS(=O)(=O)NC(=O)c1cc(Cl)c(CN2CCCC2c2ccc(Cl)c(Cl)c2)cc1F. The van der Waals surface area contributed by atoms with E-state index in [9.17, 15) is 17.6 Å². The van der Waals surface area contributed by atoms with Gasteiger partial charge in [-0.1, -0.05) is 40.9 Å². The van der Waals surface area contributed by atoms with E-state index >= 15 is 0 Å². The largest absolute Gasteiger partial charge is 0.292 e. The summed E-state index contributed by atoms with van der Waals surface area (Å²) >= 11 is 18.4. The first kappa shape index (κ1) is 22.3. The predicted molar refractivity (Wildman–Crippen MR) is 113 cm³/mol. The van der Waals surface area contributed by atoms with Gasteiger partial charge in [-0.2, -0.15) is 0 Å². The molecule has 1 amide bonds. The van der Waals surface area contributed by atoms with Crippen LogP contribution in [0.4, 0.5) is 4.39 Å². The number of nitrogens with zero attached hydrogens (tertiary/aromatic N) is 1. The molecule has 0 bridgehead atoms. The van der Waals surface area contributed by atoms with Crippen LogP contribution in [0.15, 0.2) is 30.3 Å². The summed E-state index contributed by atoms with van der Waals surface area (Å²) < 4.78 is 38.6. The zero-order chi connectivity index (χ0) is 21.3. The number of benzene rings is 2. The fourth-order valence-corrected chi connectivity index (χ4v) is 4.41. The van der Waals surface area contributed by atoms with Crippen molar-refractivity contribution in [3.8, 4) is 0 Å². The van der Waals surface area contributed by atoms with Crippen LogP contribution >= 0.6 is 34.8 Å². The van der Waals surface area contributed by atoms with Gasteiger partial charge in [-0.05, 0) is 54.8 Å². The maximum Gasteiger partial charge on any atom is 0.267 e. The minimum atomic E-state index is -3.81. The maximum absolute atomic E-state index is 14.5. The summed E-state index contributed by atoms with van der Waals surface area (Å²) in [6, 6.07) is 7.89. The number of carbonyl (C=O) groups is 1. The molecule has 1 fully saturated rings. The van der Waals surface area contributed by atoms with Crippen molar-refractivity contribution in [2.75, 3.05) is 12.8 Å². The number of hydrogen-bond acceptors (Lipinski definition) is 4. The highest BCUT2D eigenvalue weighted by Gasteiger charge is 2.28. The molecule has 0 radical (unpaired) electrons. The molecule has 3 rings (SSSR count). The maximum atomic E-state index is 14.5. The minimum Gasteiger partial charge on any atom is -0.292 e. The first-order valence-electron chi connectivity index (χ1n) is 8.74. The number of amides is 1. The van der Waals surface area contributed by atoms with E-state index in [1.54, 1.807) is 10.8 Å². The van der Waals surface area contributed by atoms with Gasteiger partial charge >= 0.3 is 0 Å².